The fourth-order valence-electron chi connectivity index (χ4n) is 2.89. The molecule has 0 aromatic carbocycles. The Hall–Kier alpha value is -0.120. The number of rotatable bonds is 18. The zero-order chi connectivity index (χ0) is 16.3. The Morgan fingerprint density at radius 2 is 0.955 bits per heavy atom. The molecule has 3 nitrogen and oxygen atoms in total. The minimum atomic E-state index is 0.0450. The minimum absolute atomic E-state index is 0.0450. The van der Waals surface area contributed by atoms with Crippen LogP contribution in [0.1, 0.15) is 96.3 Å². The number of ether oxygens (including phenoxy) is 1. The molecule has 0 aromatic rings. The smallest absolute Gasteiger partial charge is 0.0802 e. The van der Waals surface area contributed by atoms with Crippen LogP contribution in [0.15, 0.2) is 0 Å². The van der Waals surface area contributed by atoms with E-state index < -0.39 is 0 Å². The number of hydrogen-bond donors (Lipinski definition) is 2. The van der Waals surface area contributed by atoms with Gasteiger partial charge in [0.2, 0.25) is 0 Å². The summed E-state index contributed by atoms with van der Waals surface area (Å²) in [7, 11) is 1.68. The second kappa shape index (κ2) is 18.9. The summed E-state index contributed by atoms with van der Waals surface area (Å²) >= 11 is 0. The van der Waals surface area contributed by atoms with E-state index in [1.807, 2.05) is 0 Å². The number of aliphatic hydroxyl groups is 2. The maximum absolute atomic E-state index is 9.01. The van der Waals surface area contributed by atoms with Crippen LogP contribution in [0.4, 0.5) is 0 Å². The lowest BCUT2D eigenvalue weighted by atomic mass is 10.0. The predicted molar refractivity (Wildman–Crippen MR) is 94.2 cm³/mol. The predicted octanol–water partition coefficient (Wildman–Crippen LogP) is 4.84. The van der Waals surface area contributed by atoms with E-state index in [0.717, 1.165) is 12.8 Å². The Labute approximate surface area is 138 Å². The lowest BCUT2D eigenvalue weighted by Gasteiger charge is -2.11. The largest absolute Gasteiger partial charge is 0.396 e. The summed E-state index contributed by atoms with van der Waals surface area (Å²) in [4.78, 5) is 0. The standard InChI is InChI=1S/C19H40O3/c1-22-19(18-21)16-14-12-10-8-6-4-2-3-5-7-9-11-13-15-17-20/h19-21H,2-18H2,1H3. The molecule has 3 heteroatoms. The molecule has 0 aliphatic heterocycles. The normalized spacial score (nSPS) is 12.7. The Bertz CT molecular complexity index is 193. The van der Waals surface area contributed by atoms with Crippen LogP contribution in [0.25, 0.3) is 0 Å². The van der Waals surface area contributed by atoms with E-state index in [2.05, 4.69) is 0 Å². The molecule has 0 rings (SSSR count). The van der Waals surface area contributed by atoms with Crippen LogP contribution in [0.2, 0.25) is 0 Å². The van der Waals surface area contributed by atoms with Crippen molar-refractivity contribution in [2.75, 3.05) is 20.3 Å². The summed E-state index contributed by atoms with van der Waals surface area (Å²) in [6.07, 6.45) is 19.3. The van der Waals surface area contributed by atoms with E-state index in [9.17, 15) is 0 Å². The van der Waals surface area contributed by atoms with Gasteiger partial charge in [-0.3, -0.25) is 0 Å². The molecule has 0 bridgehead atoms. The van der Waals surface area contributed by atoms with Gasteiger partial charge in [0.05, 0.1) is 12.7 Å². The molecule has 0 aliphatic rings. The highest BCUT2D eigenvalue weighted by molar-refractivity contribution is 4.56. The molecule has 0 aromatic heterocycles. The van der Waals surface area contributed by atoms with E-state index in [0.29, 0.717) is 6.61 Å². The van der Waals surface area contributed by atoms with Crippen LogP contribution in [-0.2, 0) is 4.74 Å². The highest BCUT2D eigenvalue weighted by atomic mass is 16.5. The minimum Gasteiger partial charge on any atom is -0.396 e. The van der Waals surface area contributed by atoms with Crippen molar-refractivity contribution in [3.8, 4) is 0 Å². The van der Waals surface area contributed by atoms with Gasteiger partial charge in [-0.2, -0.15) is 0 Å². The highest BCUT2D eigenvalue weighted by Gasteiger charge is 2.03. The topological polar surface area (TPSA) is 49.7 Å². The van der Waals surface area contributed by atoms with Crippen molar-refractivity contribution in [3.63, 3.8) is 0 Å². The number of unbranched alkanes of at least 4 members (excludes halogenated alkanes) is 13. The summed E-state index contributed by atoms with van der Waals surface area (Å²) in [6, 6.07) is 0. The second-order valence-corrected chi connectivity index (χ2v) is 6.50. The van der Waals surface area contributed by atoms with Gasteiger partial charge in [0, 0.05) is 13.7 Å². The van der Waals surface area contributed by atoms with Crippen molar-refractivity contribution >= 4 is 0 Å². The van der Waals surface area contributed by atoms with Crippen LogP contribution < -0.4 is 0 Å². The van der Waals surface area contributed by atoms with Gasteiger partial charge in [-0.1, -0.05) is 83.5 Å². The molecule has 0 saturated heterocycles. The molecule has 0 aliphatic carbocycles. The van der Waals surface area contributed by atoms with Crippen molar-refractivity contribution < 1.29 is 14.9 Å². The second-order valence-electron chi connectivity index (χ2n) is 6.50. The summed E-state index contributed by atoms with van der Waals surface area (Å²) in [5.41, 5.74) is 0. The third-order valence-corrected chi connectivity index (χ3v) is 4.47. The molecule has 0 spiro atoms. The van der Waals surface area contributed by atoms with Crippen LogP contribution in [0, 0.1) is 0 Å². The van der Waals surface area contributed by atoms with Gasteiger partial charge in [0.25, 0.3) is 0 Å². The average molecular weight is 317 g/mol. The molecule has 0 heterocycles. The van der Waals surface area contributed by atoms with Crippen molar-refractivity contribution in [2.24, 2.45) is 0 Å². The summed E-state index contributed by atoms with van der Waals surface area (Å²) in [5.74, 6) is 0. The number of hydrogen-bond acceptors (Lipinski definition) is 3. The van der Waals surface area contributed by atoms with Crippen molar-refractivity contribution in [3.05, 3.63) is 0 Å². The summed E-state index contributed by atoms with van der Waals surface area (Å²) in [5, 5.41) is 17.7. The molecule has 22 heavy (non-hydrogen) atoms. The lowest BCUT2D eigenvalue weighted by molar-refractivity contribution is 0.0415. The monoisotopic (exact) mass is 316 g/mol. The zero-order valence-electron chi connectivity index (χ0n) is 14.9. The first-order valence-corrected chi connectivity index (χ1v) is 9.59. The van der Waals surface area contributed by atoms with Crippen molar-refractivity contribution in [1.29, 1.82) is 0 Å². The molecule has 2 N–H and O–H groups in total. The molecule has 1 atom stereocenters. The maximum Gasteiger partial charge on any atom is 0.0802 e. The third-order valence-electron chi connectivity index (χ3n) is 4.47. The first-order valence-electron chi connectivity index (χ1n) is 9.59. The van der Waals surface area contributed by atoms with Gasteiger partial charge < -0.3 is 14.9 Å². The van der Waals surface area contributed by atoms with Gasteiger partial charge in [0.15, 0.2) is 0 Å². The first-order chi connectivity index (χ1) is 10.8. The van der Waals surface area contributed by atoms with E-state index in [1.54, 1.807) is 7.11 Å². The quantitative estimate of drug-likeness (QED) is 0.356. The molecular weight excluding hydrogens is 276 g/mol. The molecule has 0 fully saturated rings. The van der Waals surface area contributed by atoms with E-state index in [-0.39, 0.29) is 12.7 Å². The Morgan fingerprint density at radius 3 is 1.27 bits per heavy atom. The van der Waals surface area contributed by atoms with Crippen molar-refractivity contribution in [2.45, 2.75) is 102 Å². The summed E-state index contributed by atoms with van der Waals surface area (Å²) < 4.78 is 5.16. The molecule has 1 unspecified atom stereocenters. The first kappa shape index (κ1) is 21.9. The highest BCUT2D eigenvalue weighted by Crippen LogP contribution is 2.14. The lowest BCUT2D eigenvalue weighted by Crippen LogP contribution is -2.14. The van der Waals surface area contributed by atoms with Crippen LogP contribution in [-0.4, -0.2) is 36.6 Å². The van der Waals surface area contributed by atoms with E-state index in [4.69, 9.17) is 14.9 Å². The van der Waals surface area contributed by atoms with Gasteiger partial charge in [0.1, 0.15) is 0 Å². The fourth-order valence-corrected chi connectivity index (χ4v) is 2.89. The van der Waals surface area contributed by atoms with Crippen molar-refractivity contribution in [1.82, 2.24) is 0 Å². The van der Waals surface area contributed by atoms with Crippen LogP contribution in [0.3, 0.4) is 0 Å². The Morgan fingerprint density at radius 1 is 0.591 bits per heavy atom. The molecule has 0 amide bonds. The Balaban J connectivity index is 3.02. The van der Waals surface area contributed by atoms with Gasteiger partial charge >= 0.3 is 0 Å². The molecule has 134 valence electrons. The van der Waals surface area contributed by atoms with E-state index in [1.165, 1.54) is 83.5 Å². The fraction of sp³-hybridized carbons (Fsp3) is 1.00. The third kappa shape index (κ3) is 16.3. The zero-order valence-corrected chi connectivity index (χ0v) is 14.9. The molecular formula is C19H40O3. The average Bonchev–Trinajstić information content (AvgIpc) is 2.55. The van der Waals surface area contributed by atoms with Gasteiger partial charge in [-0.15, -0.1) is 0 Å². The molecule has 0 saturated carbocycles. The molecule has 0 radical (unpaired) electrons. The van der Waals surface area contributed by atoms with Crippen LogP contribution >= 0.6 is 0 Å². The van der Waals surface area contributed by atoms with Gasteiger partial charge in [-0.05, 0) is 12.8 Å². The number of aliphatic hydroxyl groups excluding tert-OH is 2. The van der Waals surface area contributed by atoms with Crippen LogP contribution in [0.5, 0.6) is 0 Å². The van der Waals surface area contributed by atoms with Gasteiger partial charge in [-0.25, -0.2) is 0 Å². The maximum atomic E-state index is 9.01. The summed E-state index contributed by atoms with van der Waals surface area (Å²) in [6.45, 7) is 0.506. The SMILES string of the molecule is COC(CO)CCCCCCCCCCCCCCCCO. The number of methoxy groups -OCH3 is 1. The Kier molecular flexibility index (Phi) is 18.8. The van der Waals surface area contributed by atoms with E-state index >= 15 is 0 Å².